The summed E-state index contributed by atoms with van der Waals surface area (Å²) in [6, 6.07) is 11.4. The van der Waals surface area contributed by atoms with E-state index in [4.69, 9.17) is 13.9 Å². The number of fused-ring (bicyclic) bond motifs is 1. The predicted molar refractivity (Wildman–Crippen MR) is 105 cm³/mol. The summed E-state index contributed by atoms with van der Waals surface area (Å²) >= 11 is 0. The summed E-state index contributed by atoms with van der Waals surface area (Å²) < 4.78 is 43.4. The van der Waals surface area contributed by atoms with Gasteiger partial charge in [0.1, 0.15) is 23.5 Å². The van der Waals surface area contributed by atoms with E-state index in [-0.39, 0.29) is 17.1 Å². The number of esters is 1. The first-order valence-electron chi connectivity index (χ1n) is 8.64. The summed E-state index contributed by atoms with van der Waals surface area (Å²) in [6.45, 7) is 2.09. The fourth-order valence-corrected chi connectivity index (χ4v) is 3.94. The van der Waals surface area contributed by atoms with Gasteiger partial charge in [0, 0.05) is 18.2 Å². The summed E-state index contributed by atoms with van der Waals surface area (Å²) in [5.41, 5.74) is 2.00. The number of furan rings is 1. The molecule has 0 unspecified atom stereocenters. The molecule has 28 heavy (non-hydrogen) atoms. The van der Waals surface area contributed by atoms with Crippen LogP contribution >= 0.6 is 0 Å². The van der Waals surface area contributed by atoms with Gasteiger partial charge in [0.15, 0.2) is 0 Å². The first-order chi connectivity index (χ1) is 13.4. The second kappa shape index (κ2) is 8.04. The van der Waals surface area contributed by atoms with Gasteiger partial charge in [-0.05, 0) is 42.3 Å². The van der Waals surface area contributed by atoms with Crippen LogP contribution in [0.15, 0.2) is 51.8 Å². The van der Waals surface area contributed by atoms with Gasteiger partial charge in [-0.15, -0.1) is 0 Å². The molecular weight excluding hydrogens is 382 g/mol. The highest BCUT2D eigenvalue weighted by Gasteiger charge is 2.22. The highest BCUT2D eigenvalue weighted by atomic mass is 32.2. The minimum absolute atomic E-state index is 0.0873. The second-order valence-corrected chi connectivity index (χ2v) is 7.82. The van der Waals surface area contributed by atoms with Crippen molar-refractivity contribution in [3.8, 4) is 0 Å². The van der Waals surface area contributed by atoms with Gasteiger partial charge < -0.3 is 13.9 Å². The number of carbonyl (C=O) groups excluding carboxylic acids is 1. The van der Waals surface area contributed by atoms with E-state index >= 15 is 0 Å². The van der Waals surface area contributed by atoms with E-state index in [0.29, 0.717) is 22.4 Å². The average Bonchev–Trinajstić information content (AvgIpc) is 3.04. The molecule has 0 radical (unpaired) electrons. The number of carbonyl (C=O) groups is 1. The topological polar surface area (TPSA) is 94.8 Å². The number of sulfonamides is 1. The van der Waals surface area contributed by atoms with Gasteiger partial charge in [0.05, 0.1) is 12.0 Å². The van der Waals surface area contributed by atoms with E-state index in [1.54, 1.807) is 42.5 Å². The average molecular weight is 403 g/mol. The Morgan fingerprint density at radius 1 is 1.11 bits per heavy atom. The van der Waals surface area contributed by atoms with Gasteiger partial charge in [-0.3, -0.25) is 4.72 Å². The molecule has 3 rings (SSSR count). The number of aryl methyl sites for hydroxylation is 1. The number of anilines is 1. The van der Waals surface area contributed by atoms with Crippen molar-refractivity contribution < 1.29 is 27.1 Å². The van der Waals surface area contributed by atoms with Gasteiger partial charge >= 0.3 is 5.97 Å². The number of benzene rings is 2. The van der Waals surface area contributed by atoms with E-state index < -0.39 is 16.0 Å². The van der Waals surface area contributed by atoms with Gasteiger partial charge in [-0.25, -0.2) is 13.2 Å². The van der Waals surface area contributed by atoms with Gasteiger partial charge in [0.2, 0.25) is 0 Å². The van der Waals surface area contributed by atoms with E-state index in [1.165, 1.54) is 14.2 Å². The fraction of sp³-hybridized carbons (Fsp3) is 0.250. The van der Waals surface area contributed by atoms with Crippen LogP contribution in [-0.2, 0) is 32.5 Å². The summed E-state index contributed by atoms with van der Waals surface area (Å²) in [5, 5.41) is 0.445. The molecule has 0 amide bonds. The number of ether oxygens (including phenoxy) is 2. The van der Waals surface area contributed by atoms with Crippen LogP contribution in [0.5, 0.6) is 0 Å². The number of hydrogen-bond acceptors (Lipinski definition) is 6. The summed E-state index contributed by atoms with van der Waals surface area (Å²) in [5.74, 6) is -0.263. The molecular formula is C20H21NO6S. The van der Waals surface area contributed by atoms with E-state index in [9.17, 15) is 13.2 Å². The Hall–Kier alpha value is -2.84. The zero-order chi connectivity index (χ0) is 20.3. The molecule has 7 nitrogen and oxygen atoms in total. The molecule has 1 N–H and O–H groups in total. The molecule has 0 saturated carbocycles. The Morgan fingerprint density at radius 3 is 2.43 bits per heavy atom. The maximum absolute atomic E-state index is 12.7. The van der Waals surface area contributed by atoms with Crippen LogP contribution in [0.25, 0.3) is 11.0 Å². The monoisotopic (exact) mass is 403 g/mol. The summed E-state index contributed by atoms with van der Waals surface area (Å²) in [7, 11) is -1.02. The molecule has 0 aliphatic carbocycles. The molecule has 8 heteroatoms. The summed E-state index contributed by atoms with van der Waals surface area (Å²) in [6.07, 6.45) is 0.824. The van der Waals surface area contributed by atoms with E-state index in [0.717, 1.165) is 12.0 Å². The molecule has 2 aromatic carbocycles. The Kier molecular flexibility index (Phi) is 5.71. The third-order valence-electron chi connectivity index (χ3n) is 4.32. The standard InChI is InChI=1S/C20H21NO6S/c1-4-13-5-8-15(9-6-13)28(23,24)21-14-7-10-17-16(11-14)19(20(22)26-3)18(27-17)12-25-2/h5-11,21H,4,12H2,1-3H3. The molecule has 0 aliphatic rings. The zero-order valence-electron chi connectivity index (χ0n) is 15.8. The van der Waals surface area contributed by atoms with Crippen LogP contribution in [0.2, 0.25) is 0 Å². The molecule has 0 saturated heterocycles. The van der Waals surface area contributed by atoms with Crippen LogP contribution in [0.1, 0.15) is 28.6 Å². The normalized spacial score (nSPS) is 11.5. The number of methoxy groups -OCH3 is 2. The second-order valence-electron chi connectivity index (χ2n) is 6.14. The highest BCUT2D eigenvalue weighted by molar-refractivity contribution is 7.92. The fourth-order valence-electron chi connectivity index (χ4n) is 2.89. The lowest BCUT2D eigenvalue weighted by Crippen LogP contribution is -2.13. The van der Waals surface area contributed by atoms with Crippen molar-refractivity contribution in [1.29, 1.82) is 0 Å². The highest BCUT2D eigenvalue weighted by Crippen LogP contribution is 2.30. The molecule has 1 aromatic heterocycles. The van der Waals surface area contributed by atoms with Crippen LogP contribution in [0.3, 0.4) is 0 Å². The molecule has 0 bridgehead atoms. The van der Waals surface area contributed by atoms with Crippen molar-refractivity contribution in [3.05, 3.63) is 59.4 Å². The largest absolute Gasteiger partial charge is 0.465 e. The molecule has 0 fully saturated rings. The lowest BCUT2D eigenvalue weighted by molar-refractivity contribution is 0.0594. The quantitative estimate of drug-likeness (QED) is 0.604. The number of nitrogens with one attached hydrogen (secondary N) is 1. The Labute approximate surface area is 163 Å². The molecule has 0 spiro atoms. The Bertz CT molecular complexity index is 1100. The number of hydrogen-bond donors (Lipinski definition) is 1. The van der Waals surface area contributed by atoms with Gasteiger partial charge in [-0.1, -0.05) is 19.1 Å². The molecule has 0 aliphatic heterocycles. The minimum atomic E-state index is -3.77. The predicted octanol–water partition coefficient (Wildman–Crippen LogP) is 3.73. The lowest BCUT2D eigenvalue weighted by atomic mass is 10.1. The maximum Gasteiger partial charge on any atom is 0.342 e. The first kappa shape index (κ1) is 19.9. The minimum Gasteiger partial charge on any atom is -0.465 e. The number of rotatable bonds is 7. The van der Waals surface area contributed by atoms with Crippen LogP contribution < -0.4 is 4.72 Å². The van der Waals surface area contributed by atoms with Crippen molar-refractivity contribution in [2.24, 2.45) is 0 Å². The van der Waals surface area contributed by atoms with Crippen LogP contribution in [-0.4, -0.2) is 28.6 Å². The molecule has 0 atom stereocenters. The van der Waals surface area contributed by atoms with Crippen LogP contribution in [0, 0.1) is 0 Å². The zero-order valence-corrected chi connectivity index (χ0v) is 16.6. The van der Waals surface area contributed by atoms with Crippen molar-refractivity contribution in [2.75, 3.05) is 18.9 Å². The van der Waals surface area contributed by atoms with Gasteiger partial charge in [0.25, 0.3) is 10.0 Å². The molecule has 3 aromatic rings. The third-order valence-corrected chi connectivity index (χ3v) is 5.72. The Morgan fingerprint density at radius 2 is 1.82 bits per heavy atom. The van der Waals surface area contributed by atoms with Crippen LogP contribution in [0.4, 0.5) is 5.69 Å². The maximum atomic E-state index is 12.7. The van der Waals surface area contributed by atoms with Crippen molar-refractivity contribution in [2.45, 2.75) is 24.8 Å². The van der Waals surface area contributed by atoms with Crippen molar-refractivity contribution in [1.82, 2.24) is 0 Å². The van der Waals surface area contributed by atoms with E-state index in [1.807, 2.05) is 6.92 Å². The molecule has 148 valence electrons. The lowest BCUT2D eigenvalue weighted by Gasteiger charge is -2.09. The smallest absolute Gasteiger partial charge is 0.342 e. The van der Waals surface area contributed by atoms with Crippen molar-refractivity contribution in [3.63, 3.8) is 0 Å². The van der Waals surface area contributed by atoms with Gasteiger partial charge in [-0.2, -0.15) is 0 Å². The SMILES string of the molecule is CCc1ccc(S(=O)(=O)Nc2ccc3oc(COC)c(C(=O)OC)c3c2)cc1. The molecule has 1 heterocycles. The van der Waals surface area contributed by atoms with Crippen molar-refractivity contribution >= 4 is 32.6 Å². The summed E-state index contributed by atoms with van der Waals surface area (Å²) in [4.78, 5) is 12.3. The third kappa shape index (κ3) is 3.88. The Balaban J connectivity index is 2.00. The van der Waals surface area contributed by atoms with E-state index in [2.05, 4.69) is 4.72 Å². The first-order valence-corrected chi connectivity index (χ1v) is 10.1.